The first-order valence-electron chi connectivity index (χ1n) is 9.04. The molecular formula is C21H25NO5S. The molecular weight excluding hydrogens is 378 g/mol. The molecule has 1 aromatic carbocycles. The molecule has 0 aliphatic rings. The second kappa shape index (κ2) is 9.59. The van der Waals surface area contributed by atoms with Crippen molar-refractivity contribution in [2.24, 2.45) is 0 Å². The van der Waals surface area contributed by atoms with Gasteiger partial charge in [0.1, 0.15) is 5.75 Å². The summed E-state index contributed by atoms with van der Waals surface area (Å²) in [5.41, 5.74) is 2.04. The lowest BCUT2D eigenvalue weighted by atomic mass is 10.0. The first-order chi connectivity index (χ1) is 13.2. The SMILES string of the molecule is CCOc1ccc(SCC(=O)O[C@@H](C)C(=O)c2[nH]c(C)c(C(C)=O)c2C)cc1. The van der Waals surface area contributed by atoms with Gasteiger partial charge in [0.25, 0.3) is 0 Å². The molecule has 28 heavy (non-hydrogen) atoms. The van der Waals surface area contributed by atoms with Crippen molar-refractivity contribution >= 4 is 29.3 Å². The number of aryl methyl sites for hydroxylation is 1. The number of hydrogen-bond acceptors (Lipinski definition) is 6. The monoisotopic (exact) mass is 403 g/mol. The number of benzene rings is 1. The number of hydrogen-bond donors (Lipinski definition) is 1. The van der Waals surface area contributed by atoms with E-state index in [1.54, 1.807) is 13.8 Å². The summed E-state index contributed by atoms with van der Waals surface area (Å²) in [5.74, 6) is -0.0793. The molecule has 0 spiro atoms. The van der Waals surface area contributed by atoms with Gasteiger partial charge < -0.3 is 14.5 Å². The minimum absolute atomic E-state index is 0.0903. The van der Waals surface area contributed by atoms with Crippen LogP contribution in [0.3, 0.4) is 0 Å². The third-order valence-electron chi connectivity index (χ3n) is 4.20. The molecule has 1 N–H and O–H groups in total. The van der Waals surface area contributed by atoms with Gasteiger partial charge in [0.05, 0.1) is 18.1 Å². The number of Topliss-reactive ketones (excluding diaryl/α,β-unsaturated/α-hetero) is 2. The molecule has 0 saturated heterocycles. The van der Waals surface area contributed by atoms with Gasteiger partial charge in [0.2, 0.25) is 5.78 Å². The molecule has 0 aliphatic heterocycles. The minimum Gasteiger partial charge on any atom is -0.494 e. The van der Waals surface area contributed by atoms with E-state index in [0.29, 0.717) is 29.1 Å². The summed E-state index contributed by atoms with van der Waals surface area (Å²) in [5, 5.41) is 0. The average Bonchev–Trinajstić information content (AvgIpc) is 2.95. The molecule has 0 aliphatic carbocycles. The fourth-order valence-corrected chi connectivity index (χ4v) is 3.63. The van der Waals surface area contributed by atoms with E-state index in [4.69, 9.17) is 9.47 Å². The summed E-state index contributed by atoms with van der Waals surface area (Å²) in [6, 6.07) is 7.41. The highest BCUT2D eigenvalue weighted by Crippen LogP contribution is 2.23. The lowest BCUT2D eigenvalue weighted by Crippen LogP contribution is -2.26. The Hall–Kier alpha value is -2.54. The summed E-state index contributed by atoms with van der Waals surface area (Å²) in [4.78, 5) is 40.3. The molecule has 1 atom stereocenters. The minimum atomic E-state index is -0.940. The van der Waals surface area contributed by atoms with Crippen LogP contribution < -0.4 is 4.74 Å². The molecule has 0 amide bonds. The van der Waals surface area contributed by atoms with E-state index >= 15 is 0 Å². The Labute approximate surface area is 169 Å². The van der Waals surface area contributed by atoms with Crippen LogP contribution in [0.15, 0.2) is 29.2 Å². The molecule has 0 bridgehead atoms. The topological polar surface area (TPSA) is 85.5 Å². The first kappa shape index (κ1) is 21.8. The van der Waals surface area contributed by atoms with Crippen LogP contribution in [-0.2, 0) is 9.53 Å². The van der Waals surface area contributed by atoms with Crippen molar-refractivity contribution in [3.63, 3.8) is 0 Å². The predicted molar refractivity (Wildman–Crippen MR) is 108 cm³/mol. The van der Waals surface area contributed by atoms with Gasteiger partial charge in [-0.3, -0.25) is 14.4 Å². The van der Waals surface area contributed by atoms with Gasteiger partial charge in [0, 0.05) is 16.2 Å². The summed E-state index contributed by atoms with van der Waals surface area (Å²) >= 11 is 1.32. The number of aromatic nitrogens is 1. The predicted octanol–water partition coefficient (Wildman–Crippen LogP) is 4.14. The Morgan fingerprint density at radius 2 is 1.79 bits per heavy atom. The van der Waals surface area contributed by atoms with E-state index in [9.17, 15) is 14.4 Å². The van der Waals surface area contributed by atoms with Crippen molar-refractivity contribution in [1.82, 2.24) is 4.98 Å². The normalized spacial score (nSPS) is 11.8. The summed E-state index contributed by atoms with van der Waals surface area (Å²) in [7, 11) is 0. The maximum atomic E-state index is 12.6. The molecule has 6 nitrogen and oxygen atoms in total. The molecule has 0 radical (unpaired) electrons. The van der Waals surface area contributed by atoms with Crippen molar-refractivity contribution in [2.75, 3.05) is 12.4 Å². The van der Waals surface area contributed by atoms with Gasteiger partial charge in [-0.15, -0.1) is 11.8 Å². The smallest absolute Gasteiger partial charge is 0.316 e. The molecule has 2 rings (SSSR count). The van der Waals surface area contributed by atoms with Gasteiger partial charge in [-0.2, -0.15) is 0 Å². The highest BCUT2D eigenvalue weighted by atomic mass is 32.2. The highest BCUT2D eigenvalue weighted by molar-refractivity contribution is 8.00. The van der Waals surface area contributed by atoms with Crippen LogP contribution in [0.25, 0.3) is 0 Å². The summed E-state index contributed by atoms with van der Waals surface area (Å²) in [6.45, 7) is 8.95. The summed E-state index contributed by atoms with van der Waals surface area (Å²) in [6.07, 6.45) is -0.940. The zero-order chi connectivity index (χ0) is 20.8. The highest BCUT2D eigenvalue weighted by Gasteiger charge is 2.25. The molecule has 7 heteroatoms. The molecule has 0 unspecified atom stereocenters. The zero-order valence-electron chi connectivity index (χ0n) is 16.8. The van der Waals surface area contributed by atoms with E-state index in [-0.39, 0.29) is 17.3 Å². The fraction of sp³-hybridized carbons (Fsp3) is 0.381. The molecule has 150 valence electrons. The largest absolute Gasteiger partial charge is 0.494 e. The van der Waals surface area contributed by atoms with Gasteiger partial charge in [-0.1, -0.05) is 0 Å². The standard InChI is InChI=1S/C21H25NO5S/c1-6-26-16-7-9-17(10-8-16)28-11-18(24)27-15(5)21(25)20-12(2)19(14(4)23)13(3)22-20/h7-10,15,22H,6,11H2,1-5H3/t15-/m0/s1. The van der Waals surface area contributed by atoms with Crippen molar-refractivity contribution in [3.8, 4) is 5.75 Å². The first-order valence-corrected chi connectivity index (χ1v) is 10.0. The number of H-pyrrole nitrogens is 1. The summed E-state index contributed by atoms with van der Waals surface area (Å²) < 4.78 is 10.7. The van der Waals surface area contributed by atoms with Crippen molar-refractivity contribution in [2.45, 2.75) is 45.6 Å². The van der Waals surface area contributed by atoms with E-state index in [0.717, 1.165) is 10.6 Å². The second-order valence-electron chi connectivity index (χ2n) is 6.37. The van der Waals surface area contributed by atoms with Crippen LogP contribution in [0.4, 0.5) is 0 Å². The Balaban J connectivity index is 1.94. The third-order valence-corrected chi connectivity index (χ3v) is 5.19. The lowest BCUT2D eigenvalue weighted by Gasteiger charge is -2.12. The number of nitrogens with one attached hydrogen (secondary N) is 1. The van der Waals surface area contributed by atoms with Gasteiger partial charge in [0.15, 0.2) is 11.9 Å². The maximum Gasteiger partial charge on any atom is 0.316 e. The van der Waals surface area contributed by atoms with Gasteiger partial charge in [-0.25, -0.2) is 0 Å². The Kier molecular flexibility index (Phi) is 7.45. The number of rotatable bonds is 9. The number of carbonyl (C=O) groups excluding carboxylic acids is 3. The van der Waals surface area contributed by atoms with Gasteiger partial charge >= 0.3 is 5.97 Å². The zero-order valence-corrected chi connectivity index (χ0v) is 17.6. The van der Waals surface area contributed by atoms with Crippen LogP contribution in [0.1, 0.15) is 52.9 Å². The number of ether oxygens (including phenoxy) is 2. The van der Waals surface area contributed by atoms with E-state index in [2.05, 4.69) is 4.98 Å². The van der Waals surface area contributed by atoms with Crippen LogP contribution in [0, 0.1) is 13.8 Å². The van der Waals surface area contributed by atoms with Crippen molar-refractivity contribution in [3.05, 3.63) is 46.8 Å². The Morgan fingerprint density at radius 3 is 2.32 bits per heavy atom. The molecule has 1 heterocycles. The third kappa shape index (κ3) is 5.25. The van der Waals surface area contributed by atoms with E-state index in [1.165, 1.54) is 25.6 Å². The maximum absolute atomic E-state index is 12.6. The van der Waals surface area contributed by atoms with Gasteiger partial charge in [-0.05, 0) is 64.4 Å². The van der Waals surface area contributed by atoms with Crippen LogP contribution >= 0.6 is 11.8 Å². The fourth-order valence-electron chi connectivity index (χ4n) is 2.95. The quantitative estimate of drug-likeness (QED) is 0.385. The van der Waals surface area contributed by atoms with Crippen LogP contribution in [0.5, 0.6) is 5.75 Å². The van der Waals surface area contributed by atoms with Crippen molar-refractivity contribution < 1.29 is 23.9 Å². The molecule has 1 aromatic heterocycles. The average molecular weight is 404 g/mol. The molecule has 0 saturated carbocycles. The molecule has 2 aromatic rings. The number of thioether (sulfide) groups is 1. The lowest BCUT2D eigenvalue weighted by molar-refractivity contribution is -0.143. The van der Waals surface area contributed by atoms with Crippen molar-refractivity contribution in [1.29, 1.82) is 0 Å². The van der Waals surface area contributed by atoms with E-state index in [1.807, 2.05) is 31.2 Å². The number of carbonyl (C=O) groups is 3. The van der Waals surface area contributed by atoms with Crippen LogP contribution in [-0.4, -0.2) is 41.0 Å². The second-order valence-corrected chi connectivity index (χ2v) is 7.42. The van der Waals surface area contributed by atoms with E-state index < -0.39 is 12.1 Å². The number of aromatic amines is 1. The number of esters is 1. The Bertz CT molecular complexity index is 870. The Morgan fingerprint density at radius 1 is 1.14 bits per heavy atom. The van der Waals surface area contributed by atoms with Crippen LogP contribution in [0.2, 0.25) is 0 Å². The number of ketones is 2. The molecule has 0 fully saturated rings.